The summed E-state index contributed by atoms with van der Waals surface area (Å²) in [6, 6.07) is 21.8. The van der Waals surface area contributed by atoms with Gasteiger partial charge >= 0.3 is 11.9 Å². The molecule has 0 aliphatic carbocycles. The first kappa shape index (κ1) is 33.9. The summed E-state index contributed by atoms with van der Waals surface area (Å²) < 4.78 is 16.8. The van der Waals surface area contributed by atoms with Crippen molar-refractivity contribution in [1.82, 2.24) is 0 Å². The zero-order valence-corrected chi connectivity index (χ0v) is 26.4. The molecular formula is C38H50O5. The van der Waals surface area contributed by atoms with E-state index in [1.807, 2.05) is 43.3 Å². The van der Waals surface area contributed by atoms with Gasteiger partial charge in [-0.25, -0.2) is 9.59 Å². The Balaban J connectivity index is 1.35. The van der Waals surface area contributed by atoms with E-state index in [1.165, 1.54) is 64.2 Å². The monoisotopic (exact) mass is 586 g/mol. The number of esters is 2. The number of hydrogen-bond acceptors (Lipinski definition) is 5. The first-order valence-electron chi connectivity index (χ1n) is 16.3. The number of ether oxygens (including phenoxy) is 3. The second kappa shape index (κ2) is 19.6. The molecule has 5 heteroatoms. The fraction of sp³-hybridized carbons (Fsp3) is 0.474. The van der Waals surface area contributed by atoms with E-state index in [2.05, 4.69) is 13.8 Å². The Labute approximate surface area is 259 Å². The van der Waals surface area contributed by atoms with E-state index in [0.717, 1.165) is 36.3 Å². The third kappa shape index (κ3) is 12.7. The molecule has 3 aromatic carbocycles. The molecule has 0 bridgehead atoms. The molecule has 0 heterocycles. The fourth-order valence-corrected chi connectivity index (χ4v) is 4.74. The van der Waals surface area contributed by atoms with Gasteiger partial charge in [-0.05, 0) is 72.0 Å². The Hall–Kier alpha value is -3.60. The molecule has 3 rings (SSSR count). The van der Waals surface area contributed by atoms with Crippen molar-refractivity contribution >= 4 is 11.9 Å². The van der Waals surface area contributed by atoms with E-state index < -0.39 is 5.97 Å². The van der Waals surface area contributed by atoms with Gasteiger partial charge < -0.3 is 14.2 Å². The normalized spacial score (nSPS) is 11.6. The number of carbonyl (C=O) groups excluding carboxylic acids is 2. The van der Waals surface area contributed by atoms with Gasteiger partial charge in [-0.15, -0.1) is 0 Å². The Kier molecular flexibility index (Phi) is 15.4. The van der Waals surface area contributed by atoms with Gasteiger partial charge in [0.2, 0.25) is 0 Å². The van der Waals surface area contributed by atoms with Gasteiger partial charge in [0.05, 0.1) is 24.3 Å². The van der Waals surface area contributed by atoms with Crippen molar-refractivity contribution in [2.45, 2.75) is 97.8 Å². The van der Waals surface area contributed by atoms with Crippen LogP contribution in [-0.4, -0.2) is 25.2 Å². The zero-order chi connectivity index (χ0) is 30.7. The van der Waals surface area contributed by atoms with Crippen LogP contribution in [-0.2, 0) is 4.74 Å². The molecule has 0 amide bonds. The van der Waals surface area contributed by atoms with Gasteiger partial charge in [0.1, 0.15) is 11.5 Å². The van der Waals surface area contributed by atoms with Crippen LogP contribution in [0.3, 0.4) is 0 Å². The lowest BCUT2D eigenvalue weighted by molar-refractivity contribution is 0.0447. The maximum atomic E-state index is 12.7. The third-order valence-corrected chi connectivity index (χ3v) is 7.82. The van der Waals surface area contributed by atoms with Crippen molar-refractivity contribution in [3.63, 3.8) is 0 Å². The van der Waals surface area contributed by atoms with Gasteiger partial charge in [-0.2, -0.15) is 0 Å². The summed E-state index contributed by atoms with van der Waals surface area (Å²) in [4.78, 5) is 24.8. The Morgan fingerprint density at radius 3 is 1.60 bits per heavy atom. The summed E-state index contributed by atoms with van der Waals surface area (Å²) >= 11 is 0. The van der Waals surface area contributed by atoms with Crippen molar-refractivity contribution in [3.05, 3.63) is 83.9 Å². The average molecular weight is 587 g/mol. The predicted octanol–water partition coefficient (Wildman–Crippen LogP) is 10.5. The highest BCUT2D eigenvalue weighted by Gasteiger charge is 2.12. The Morgan fingerprint density at radius 1 is 0.581 bits per heavy atom. The summed E-state index contributed by atoms with van der Waals surface area (Å²) in [5.74, 6) is 0.738. The van der Waals surface area contributed by atoms with Crippen LogP contribution in [0.15, 0.2) is 72.8 Å². The minimum Gasteiger partial charge on any atom is -0.494 e. The van der Waals surface area contributed by atoms with Crippen LogP contribution in [0.25, 0.3) is 11.1 Å². The maximum absolute atomic E-state index is 12.7. The number of rotatable bonds is 20. The van der Waals surface area contributed by atoms with Gasteiger partial charge in [0, 0.05) is 0 Å². The summed E-state index contributed by atoms with van der Waals surface area (Å²) in [7, 11) is 0. The molecule has 232 valence electrons. The second-order valence-corrected chi connectivity index (χ2v) is 11.5. The molecule has 0 aliphatic rings. The molecule has 0 aliphatic heterocycles. The molecular weight excluding hydrogens is 536 g/mol. The number of hydrogen-bond donors (Lipinski definition) is 0. The first-order chi connectivity index (χ1) is 21.0. The largest absolute Gasteiger partial charge is 0.494 e. The highest BCUT2D eigenvalue weighted by molar-refractivity contribution is 5.92. The van der Waals surface area contributed by atoms with Crippen LogP contribution in [0.4, 0.5) is 0 Å². The van der Waals surface area contributed by atoms with Crippen molar-refractivity contribution < 1.29 is 23.8 Å². The van der Waals surface area contributed by atoms with E-state index in [4.69, 9.17) is 14.2 Å². The number of benzene rings is 3. The average Bonchev–Trinajstić information content (AvgIpc) is 3.04. The van der Waals surface area contributed by atoms with Crippen LogP contribution in [0, 0.1) is 5.92 Å². The molecule has 3 aromatic rings. The second-order valence-electron chi connectivity index (χ2n) is 11.5. The van der Waals surface area contributed by atoms with Crippen LogP contribution in [0.1, 0.15) is 119 Å². The summed E-state index contributed by atoms with van der Waals surface area (Å²) in [5, 5.41) is 0. The molecule has 0 aromatic heterocycles. The summed E-state index contributed by atoms with van der Waals surface area (Å²) in [5.41, 5.74) is 2.94. The molecule has 0 fully saturated rings. The van der Waals surface area contributed by atoms with Crippen molar-refractivity contribution in [2.24, 2.45) is 5.92 Å². The number of carbonyl (C=O) groups is 2. The molecule has 0 spiro atoms. The molecule has 0 radical (unpaired) electrons. The van der Waals surface area contributed by atoms with Gasteiger partial charge in [0.15, 0.2) is 0 Å². The molecule has 0 saturated heterocycles. The summed E-state index contributed by atoms with van der Waals surface area (Å²) in [6.07, 6.45) is 15.5. The highest BCUT2D eigenvalue weighted by Crippen LogP contribution is 2.24. The zero-order valence-electron chi connectivity index (χ0n) is 26.4. The Bertz CT molecular complexity index is 1200. The van der Waals surface area contributed by atoms with E-state index in [9.17, 15) is 9.59 Å². The van der Waals surface area contributed by atoms with Crippen LogP contribution < -0.4 is 9.47 Å². The smallest absolute Gasteiger partial charge is 0.343 e. The molecule has 5 nitrogen and oxygen atoms in total. The lowest BCUT2D eigenvalue weighted by Crippen LogP contribution is -2.12. The first-order valence-corrected chi connectivity index (χ1v) is 16.3. The van der Waals surface area contributed by atoms with E-state index in [-0.39, 0.29) is 5.97 Å². The lowest BCUT2D eigenvalue weighted by atomic mass is 10.0. The minimum absolute atomic E-state index is 0.317. The van der Waals surface area contributed by atoms with Gasteiger partial charge in [0.25, 0.3) is 0 Å². The Morgan fingerprint density at radius 2 is 1.05 bits per heavy atom. The van der Waals surface area contributed by atoms with Crippen molar-refractivity contribution in [1.29, 1.82) is 0 Å². The van der Waals surface area contributed by atoms with E-state index in [0.29, 0.717) is 29.4 Å². The van der Waals surface area contributed by atoms with Gasteiger partial charge in [-0.3, -0.25) is 0 Å². The SMILES string of the molecule is CCCCCCCCCCCCCOc1ccc(-c2ccc(C(=O)Oc3ccc(C(=O)OCC(C)CC)cc3)cc2)cc1. The standard InChI is InChI=1S/C38H50O5/c1-4-6-7-8-9-10-11-12-13-14-15-28-41-35-24-20-32(21-25-35)31-16-18-34(19-17-31)38(40)43-36-26-22-33(23-27-36)37(39)42-29-30(3)5-2/h16-27,30H,4-15,28-29H2,1-3H3. The summed E-state index contributed by atoms with van der Waals surface area (Å²) in [6.45, 7) is 7.50. The van der Waals surface area contributed by atoms with Crippen LogP contribution >= 0.6 is 0 Å². The number of unbranched alkanes of at least 4 members (excludes halogenated alkanes) is 10. The fourth-order valence-electron chi connectivity index (χ4n) is 4.74. The van der Waals surface area contributed by atoms with Crippen LogP contribution in [0.5, 0.6) is 11.5 Å². The molecule has 1 atom stereocenters. The van der Waals surface area contributed by atoms with Gasteiger partial charge in [-0.1, -0.05) is 116 Å². The predicted molar refractivity (Wildman–Crippen MR) is 175 cm³/mol. The molecule has 43 heavy (non-hydrogen) atoms. The van der Waals surface area contributed by atoms with E-state index >= 15 is 0 Å². The maximum Gasteiger partial charge on any atom is 0.343 e. The molecule has 0 saturated carbocycles. The van der Waals surface area contributed by atoms with E-state index in [1.54, 1.807) is 36.4 Å². The van der Waals surface area contributed by atoms with Crippen molar-refractivity contribution in [2.75, 3.05) is 13.2 Å². The van der Waals surface area contributed by atoms with Crippen molar-refractivity contribution in [3.8, 4) is 22.6 Å². The lowest BCUT2D eigenvalue weighted by Gasteiger charge is -2.10. The molecule has 0 N–H and O–H groups in total. The topological polar surface area (TPSA) is 61.8 Å². The quantitative estimate of drug-likeness (QED) is 0.0749. The highest BCUT2D eigenvalue weighted by atomic mass is 16.5. The van der Waals surface area contributed by atoms with Crippen LogP contribution in [0.2, 0.25) is 0 Å². The minimum atomic E-state index is -0.454. The molecule has 1 unspecified atom stereocenters. The third-order valence-electron chi connectivity index (χ3n) is 7.82.